The molecule has 0 unspecified atom stereocenters. The third-order valence-electron chi connectivity index (χ3n) is 3.07. The summed E-state index contributed by atoms with van der Waals surface area (Å²) in [5.74, 6) is -0.104. The molecule has 0 atom stereocenters. The molecular weight excluding hydrogens is 236 g/mol. The van der Waals surface area contributed by atoms with Gasteiger partial charge in [0, 0.05) is 17.8 Å². The molecule has 2 aromatic carbocycles. The lowest BCUT2D eigenvalue weighted by Crippen LogP contribution is -2.12. The molecule has 2 rings (SSSR count). The first-order chi connectivity index (χ1) is 9.22. The quantitative estimate of drug-likeness (QED) is 0.881. The number of benzene rings is 2. The van der Waals surface area contributed by atoms with Gasteiger partial charge in [0.1, 0.15) is 0 Å². The number of carbonyl (C=O) groups is 1. The first-order valence-electron chi connectivity index (χ1n) is 6.42. The Bertz CT molecular complexity index is 544. The molecule has 0 heterocycles. The summed E-state index contributed by atoms with van der Waals surface area (Å²) in [4.78, 5) is 12.0. The highest BCUT2D eigenvalue weighted by molar-refractivity contribution is 6.04. The molecule has 0 saturated carbocycles. The zero-order valence-corrected chi connectivity index (χ0v) is 11.0. The lowest BCUT2D eigenvalue weighted by molar-refractivity contribution is 0.102. The Morgan fingerprint density at radius 1 is 1.00 bits per heavy atom. The second kappa shape index (κ2) is 6.16. The van der Waals surface area contributed by atoms with Gasteiger partial charge in [-0.2, -0.15) is 0 Å². The van der Waals surface area contributed by atoms with Crippen LogP contribution >= 0.6 is 0 Å². The standard InChI is InChI=1S/C16H18N2O/c1-2-12-5-9-15(10-6-12)18-16(19)14-7-3-13(11-17)4-8-14/h3-10H,2,11,17H2,1H3,(H,18,19). The Kier molecular flexibility index (Phi) is 4.31. The second-order valence-corrected chi connectivity index (χ2v) is 4.41. The third-order valence-corrected chi connectivity index (χ3v) is 3.07. The average molecular weight is 254 g/mol. The predicted octanol–water partition coefficient (Wildman–Crippen LogP) is 2.96. The largest absolute Gasteiger partial charge is 0.326 e. The molecule has 0 radical (unpaired) electrons. The highest BCUT2D eigenvalue weighted by Crippen LogP contribution is 2.12. The molecule has 3 heteroatoms. The highest BCUT2D eigenvalue weighted by Gasteiger charge is 2.05. The molecule has 0 saturated heterocycles. The summed E-state index contributed by atoms with van der Waals surface area (Å²) in [7, 11) is 0. The van der Waals surface area contributed by atoms with Gasteiger partial charge in [-0.25, -0.2) is 0 Å². The topological polar surface area (TPSA) is 55.1 Å². The van der Waals surface area contributed by atoms with E-state index in [1.165, 1.54) is 5.56 Å². The van der Waals surface area contributed by atoms with Crippen LogP contribution < -0.4 is 11.1 Å². The molecular formula is C16H18N2O. The van der Waals surface area contributed by atoms with Gasteiger partial charge in [0.15, 0.2) is 0 Å². The van der Waals surface area contributed by atoms with Crippen molar-refractivity contribution in [1.82, 2.24) is 0 Å². The number of nitrogens with one attached hydrogen (secondary N) is 1. The van der Waals surface area contributed by atoms with Crippen molar-refractivity contribution in [3.05, 3.63) is 65.2 Å². The molecule has 0 bridgehead atoms. The number of carbonyl (C=O) groups excluding carboxylic acids is 1. The van der Waals surface area contributed by atoms with E-state index in [0.29, 0.717) is 12.1 Å². The fourth-order valence-electron chi connectivity index (χ4n) is 1.82. The van der Waals surface area contributed by atoms with Crippen molar-refractivity contribution in [3.63, 3.8) is 0 Å². The van der Waals surface area contributed by atoms with Crippen LogP contribution in [0.4, 0.5) is 5.69 Å². The van der Waals surface area contributed by atoms with Crippen LogP contribution in [0.5, 0.6) is 0 Å². The number of hydrogen-bond acceptors (Lipinski definition) is 2. The monoisotopic (exact) mass is 254 g/mol. The Hall–Kier alpha value is -2.13. The van der Waals surface area contributed by atoms with Crippen molar-refractivity contribution < 1.29 is 4.79 Å². The van der Waals surface area contributed by atoms with Crippen molar-refractivity contribution in [2.75, 3.05) is 5.32 Å². The number of amides is 1. The van der Waals surface area contributed by atoms with Crippen molar-refractivity contribution in [2.24, 2.45) is 5.73 Å². The van der Waals surface area contributed by atoms with Crippen LogP contribution in [-0.2, 0) is 13.0 Å². The van der Waals surface area contributed by atoms with Gasteiger partial charge >= 0.3 is 0 Å². The predicted molar refractivity (Wildman–Crippen MR) is 78.1 cm³/mol. The van der Waals surface area contributed by atoms with Crippen molar-refractivity contribution in [2.45, 2.75) is 19.9 Å². The Morgan fingerprint density at radius 2 is 1.58 bits per heavy atom. The molecule has 98 valence electrons. The maximum atomic E-state index is 12.0. The maximum absolute atomic E-state index is 12.0. The van der Waals surface area contributed by atoms with E-state index in [9.17, 15) is 4.79 Å². The van der Waals surface area contributed by atoms with E-state index in [0.717, 1.165) is 17.7 Å². The first kappa shape index (κ1) is 13.3. The molecule has 19 heavy (non-hydrogen) atoms. The minimum absolute atomic E-state index is 0.104. The Balaban J connectivity index is 2.06. The highest BCUT2D eigenvalue weighted by atomic mass is 16.1. The summed E-state index contributed by atoms with van der Waals surface area (Å²) in [6.07, 6.45) is 0.995. The third kappa shape index (κ3) is 3.42. The minimum atomic E-state index is -0.104. The molecule has 2 aromatic rings. The van der Waals surface area contributed by atoms with E-state index in [2.05, 4.69) is 12.2 Å². The van der Waals surface area contributed by atoms with Crippen LogP contribution in [0, 0.1) is 0 Å². The molecule has 0 aliphatic heterocycles. The summed E-state index contributed by atoms with van der Waals surface area (Å²) < 4.78 is 0. The Morgan fingerprint density at radius 3 is 2.11 bits per heavy atom. The maximum Gasteiger partial charge on any atom is 0.255 e. The van der Waals surface area contributed by atoms with Gasteiger partial charge in [-0.1, -0.05) is 31.2 Å². The summed E-state index contributed by atoms with van der Waals surface area (Å²) in [6, 6.07) is 15.2. The van der Waals surface area contributed by atoms with E-state index in [4.69, 9.17) is 5.73 Å². The van der Waals surface area contributed by atoms with E-state index >= 15 is 0 Å². The average Bonchev–Trinajstić information content (AvgIpc) is 2.48. The SMILES string of the molecule is CCc1ccc(NC(=O)c2ccc(CN)cc2)cc1. The zero-order chi connectivity index (χ0) is 13.7. The van der Waals surface area contributed by atoms with E-state index < -0.39 is 0 Å². The normalized spacial score (nSPS) is 10.2. The van der Waals surface area contributed by atoms with Gasteiger partial charge in [0.25, 0.3) is 5.91 Å². The van der Waals surface area contributed by atoms with Crippen LogP contribution in [0.25, 0.3) is 0 Å². The van der Waals surface area contributed by atoms with Gasteiger partial charge in [-0.05, 0) is 41.8 Å². The fourth-order valence-corrected chi connectivity index (χ4v) is 1.82. The second-order valence-electron chi connectivity index (χ2n) is 4.41. The molecule has 3 N–H and O–H groups in total. The lowest BCUT2D eigenvalue weighted by atomic mass is 10.1. The molecule has 0 aromatic heterocycles. The smallest absolute Gasteiger partial charge is 0.255 e. The number of hydrogen-bond donors (Lipinski definition) is 2. The van der Waals surface area contributed by atoms with Crippen LogP contribution in [0.2, 0.25) is 0 Å². The van der Waals surface area contributed by atoms with Crippen LogP contribution in [0.3, 0.4) is 0 Å². The van der Waals surface area contributed by atoms with Gasteiger partial charge in [-0.3, -0.25) is 4.79 Å². The lowest BCUT2D eigenvalue weighted by Gasteiger charge is -2.06. The van der Waals surface area contributed by atoms with Crippen LogP contribution in [-0.4, -0.2) is 5.91 Å². The molecule has 1 amide bonds. The van der Waals surface area contributed by atoms with Gasteiger partial charge in [0.2, 0.25) is 0 Å². The summed E-state index contributed by atoms with van der Waals surface area (Å²) in [6.45, 7) is 2.59. The molecule has 0 spiro atoms. The van der Waals surface area contributed by atoms with Crippen molar-refractivity contribution in [1.29, 1.82) is 0 Å². The van der Waals surface area contributed by atoms with Gasteiger partial charge in [-0.15, -0.1) is 0 Å². The van der Waals surface area contributed by atoms with Crippen molar-refractivity contribution >= 4 is 11.6 Å². The zero-order valence-electron chi connectivity index (χ0n) is 11.0. The first-order valence-corrected chi connectivity index (χ1v) is 6.42. The van der Waals surface area contributed by atoms with E-state index in [1.54, 1.807) is 12.1 Å². The fraction of sp³-hybridized carbons (Fsp3) is 0.188. The molecule has 0 aliphatic carbocycles. The molecule has 0 fully saturated rings. The number of aryl methyl sites for hydroxylation is 1. The summed E-state index contributed by atoms with van der Waals surface area (Å²) in [5, 5.41) is 2.88. The van der Waals surface area contributed by atoms with Gasteiger partial charge < -0.3 is 11.1 Å². The van der Waals surface area contributed by atoms with Crippen molar-refractivity contribution in [3.8, 4) is 0 Å². The summed E-state index contributed by atoms with van der Waals surface area (Å²) >= 11 is 0. The Labute approximate surface area is 113 Å². The van der Waals surface area contributed by atoms with Gasteiger partial charge in [0.05, 0.1) is 0 Å². The van der Waals surface area contributed by atoms with E-state index in [1.807, 2.05) is 36.4 Å². The summed E-state index contributed by atoms with van der Waals surface area (Å²) in [5.41, 5.74) is 9.24. The minimum Gasteiger partial charge on any atom is -0.326 e. The van der Waals surface area contributed by atoms with Crippen LogP contribution in [0.15, 0.2) is 48.5 Å². The number of nitrogens with two attached hydrogens (primary N) is 1. The molecule has 0 aliphatic rings. The number of anilines is 1. The number of rotatable bonds is 4. The van der Waals surface area contributed by atoms with E-state index in [-0.39, 0.29) is 5.91 Å². The molecule has 3 nitrogen and oxygen atoms in total. The van der Waals surface area contributed by atoms with Crippen LogP contribution in [0.1, 0.15) is 28.4 Å².